The van der Waals surface area contributed by atoms with Crippen molar-refractivity contribution in [3.63, 3.8) is 0 Å². The van der Waals surface area contributed by atoms with E-state index in [0.717, 1.165) is 6.92 Å². The van der Waals surface area contributed by atoms with Gasteiger partial charge in [0, 0.05) is 79.0 Å². The highest BCUT2D eigenvalue weighted by Gasteiger charge is 2.41. The summed E-state index contributed by atoms with van der Waals surface area (Å²) >= 11 is 4.96. The van der Waals surface area contributed by atoms with E-state index in [4.69, 9.17) is 22.9 Å². The topological polar surface area (TPSA) is 645 Å². The van der Waals surface area contributed by atoms with Crippen LogP contribution < -0.4 is 86.7 Å². The first-order valence-corrected chi connectivity index (χ1v) is 42.3. The highest BCUT2D eigenvalue weighted by molar-refractivity contribution is 14.1. The summed E-state index contributed by atoms with van der Waals surface area (Å²) in [6, 6.07) is 0.363. The van der Waals surface area contributed by atoms with Gasteiger partial charge in [0.1, 0.15) is 78.3 Å². The largest absolute Gasteiger partial charge is 0.507 e. The molecular weight excluding hydrogens is 1810 g/mol. The number of phenols is 1. The monoisotopic (exact) mass is 1920 g/mol. The summed E-state index contributed by atoms with van der Waals surface area (Å²) in [5.41, 5.74) is 25.0. The van der Waals surface area contributed by atoms with Crippen molar-refractivity contribution in [3.05, 3.63) is 115 Å². The molecule has 14 amide bonds. The quantitative estimate of drug-likeness (QED) is 0.00776. The van der Waals surface area contributed by atoms with Crippen molar-refractivity contribution in [2.24, 2.45) is 33.8 Å². The van der Waals surface area contributed by atoms with Crippen LogP contribution in [0.15, 0.2) is 90.4 Å². The molecule has 1 aliphatic heterocycles. The number of hydrogen-bond donors (Lipinski definition) is 22. The molecule has 3 aromatic carbocycles. The van der Waals surface area contributed by atoms with Gasteiger partial charge in [0.05, 0.1) is 35.3 Å². The number of nitrogens with two attached hydrogens (primary N) is 4. The second-order valence-corrected chi connectivity index (χ2v) is 32.1. The molecule has 40 nitrogen and oxygen atoms in total. The number of primary amides is 1. The zero-order chi connectivity index (χ0) is 88.3. The third-order valence-electron chi connectivity index (χ3n) is 19.3. The van der Waals surface area contributed by atoms with Crippen LogP contribution in [0.25, 0.3) is 10.9 Å². The van der Waals surface area contributed by atoms with E-state index in [1.54, 1.807) is 80.9 Å². The summed E-state index contributed by atoms with van der Waals surface area (Å²) in [6.45, 7) is 2.13. The van der Waals surface area contributed by atoms with Gasteiger partial charge in [-0.2, -0.15) is 11.8 Å². The number of amides is 14. The van der Waals surface area contributed by atoms with Crippen molar-refractivity contribution >= 4 is 162 Å². The zero-order valence-corrected chi connectivity index (χ0v) is 71.8. The number of hydrogen-bond acceptors (Lipinski definition) is 22. The van der Waals surface area contributed by atoms with Crippen LogP contribution in [-0.4, -0.2) is 259 Å². The number of rotatable bonds is 50. The number of carbonyl (C=O) groups excluding carboxylic acids is 14. The van der Waals surface area contributed by atoms with Gasteiger partial charge in [0.15, 0.2) is 5.96 Å². The van der Waals surface area contributed by atoms with Crippen LogP contribution in [0.5, 0.6) is 5.75 Å². The van der Waals surface area contributed by atoms with Crippen molar-refractivity contribution in [2.45, 2.75) is 183 Å². The lowest BCUT2D eigenvalue weighted by atomic mass is 10.0. The number of aromatic hydroxyl groups is 1. The van der Waals surface area contributed by atoms with Crippen molar-refractivity contribution < 1.29 is 92.3 Å². The first kappa shape index (κ1) is 98.0. The molecule has 0 radical (unpaired) electrons. The molecule has 3 heterocycles. The Morgan fingerprint density at radius 3 is 1.70 bits per heavy atom. The van der Waals surface area contributed by atoms with Gasteiger partial charge in [-0.3, -0.25) is 76.9 Å². The van der Waals surface area contributed by atoms with E-state index >= 15 is 14.4 Å². The number of fused-ring (bicyclic) bond motifs is 1. The number of guanidine groups is 1. The maximum absolute atomic E-state index is 15.2. The van der Waals surface area contributed by atoms with Gasteiger partial charge in [0.25, 0.3) is 0 Å². The number of thioether (sulfide) groups is 1. The van der Waals surface area contributed by atoms with E-state index in [2.05, 4.69) is 83.7 Å². The molecule has 0 saturated carbocycles. The minimum atomic E-state index is -1.85. The zero-order valence-electron chi connectivity index (χ0n) is 66.7. The SMILES string of the molecule is CSCC[C@H](NC(=O)[C@H](CO)NC(=O)[C@H](Cc1cc(I)c(O)cc1I)NC(=O)[C@H](CO)NC(C)=O)C(=O)N[C@@H](CCC(=O)O)C(=O)N[C@@H](Cc1c[nH]cn1)C(=O)N[C@@H](Cc1ccccc1)C(=O)N[C@@H](CCCN=C(N)N)C(=O)N[C@@H](Cc1c[nH]c2ccccc12)C(=O)NCC(=O)N[C@@H](CCCCN)C(=O)N1CCC[C@H]1C(=O)N[C@H](C(N)=O)C(C)C. The molecule has 0 spiro atoms. The van der Waals surface area contributed by atoms with Crippen molar-refractivity contribution in [1.29, 1.82) is 0 Å². The van der Waals surface area contributed by atoms with Gasteiger partial charge < -0.3 is 122 Å². The number of H-pyrrole nitrogens is 2. The first-order chi connectivity index (χ1) is 57.1. The Morgan fingerprint density at radius 2 is 1.13 bits per heavy atom. The molecule has 1 fully saturated rings. The number of phenolic OH excluding ortho intramolecular Hbond substituents is 1. The van der Waals surface area contributed by atoms with Crippen molar-refractivity contribution in [3.8, 4) is 5.75 Å². The Hall–Kier alpha value is -10.8. The summed E-state index contributed by atoms with van der Waals surface area (Å²) < 4.78 is 0.815. The average molecular weight is 1920 g/mol. The maximum Gasteiger partial charge on any atom is 0.303 e. The van der Waals surface area contributed by atoms with E-state index in [1.807, 2.05) is 45.2 Å². The number of para-hydroxylation sites is 1. The molecule has 1 saturated heterocycles. The fourth-order valence-corrected chi connectivity index (χ4v) is 14.7. The molecule has 0 unspecified atom stereocenters. The van der Waals surface area contributed by atoms with Crippen molar-refractivity contribution in [2.75, 3.05) is 51.4 Å². The standard InChI is InChI=1S/C77H107I2N21O19S/c1-40(2)64(65(81)108)99-75(118)60-20-13-26-100(60)76(119)53(18-10-11-24-80)90-62(105)36-87-66(109)55(31-44-34-86-49-17-9-8-16-46(44)49)95-67(110)50(19-12-25-85-77(82)83)91-70(113)54(28-42-14-6-5-7-15-42)94-72(115)57(32-45-35-84-39-88-45)97-68(111)51(21-22-63(106)107)92-69(112)52(23-27-120-4)93-74(117)59(38-102)98-71(114)56(96-73(116)58(37-101)89-41(3)103)30-43-29-48(79)61(104)33-47(43)78/h5-9,14-17,29,33-35,39-40,50-60,64,86,101-102,104H,10-13,18-28,30-32,36-38,80H2,1-4H3,(H2,81,108)(H,84,88)(H,87,109)(H,89,103)(H,90,105)(H,91,113)(H,92,112)(H,93,117)(H,94,115)(H,95,110)(H,96,116)(H,97,111)(H,98,114)(H,99,118)(H,106,107)(H4,82,83,85)/t50-,51-,52-,53-,54-,55-,56-,57-,58-,59-,60-,64-/m0/s1. The third-order valence-corrected chi connectivity index (χ3v) is 21.8. The van der Waals surface area contributed by atoms with Crippen LogP contribution in [0.1, 0.15) is 107 Å². The number of aliphatic hydroxyl groups excluding tert-OH is 2. The Bertz CT molecular complexity index is 4410. The number of nitrogens with one attached hydrogen (secondary N) is 14. The number of carboxylic acid groups (broad SMARTS) is 1. The van der Waals surface area contributed by atoms with E-state index in [0.29, 0.717) is 54.0 Å². The summed E-state index contributed by atoms with van der Waals surface area (Å²) in [6.07, 6.45) is 4.66. The van der Waals surface area contributed by atoms with Gasteiger partial charge >= 0.3 is 5.97 Å². The number of aromatic nitrogens is 3. The molecule has 120 heavy (non-hydrogen) atoms. The van der Waals surface area contributed by atoms with E-state index in [9.17, 15) is 78.0 Å². The fraction of sp³-hybridized carbons (Fsp3) is 0.494. The summed E-state index contributed by atoms with van der Waals surface area (Å²) in [7, 11) is 0. The highest BCUT2D eigenvalue weighted by Crippen LogP contribution is 2.27. The number of carbonyl (C=O) groups is 15. The van der Waals surface area contributed by atoms with Crippen LogP contribution in [0.3, 0.4) is 0 Å². The lowest BCUT2D eigenvalue weighted by Gasteiger charge is -2.30. The normalized spacial score (nSPS) is 15.2. The average Bonchev–Trinajstić information content (AvgIpc) is 1.45. The molecular formula is C77H107I2N21O19S. The Balaban J connectivity index is 1.26. The maximum atomic E-state index is 15.2. The third kappa shape index (κ3) is 31.4. The van der Waals surface area contributed by atoms with Crippen LogP contribution >= 0.6 is 56.9 Å². The molecule has 26 N–H and O–H groups in total. The molecule has 0 bridgehead atoms. The number of nitrogens with zero attached hydrogens (tertiary/aromatic N) is 3. The first-order valence-electron chi connectivity index (χ1n) is 38.7. The lowest BCUT2D eigenvalue weighted by Crippen LogP contribution is -2.61. The molecule has 12 atom stereocenters. The number of aliphatic imine (C=N–C) groups is 1. The van der Waals surface area contributed by atoms with Crippen LogP contribution in [-0.2, 0) is 97.6 Å². The predicted molar refractivity (Wildman–Crippen MR) is 457 cm³/mol. The minimum Gasteiger partial charge on any atom is -0.507 e. The molecule has 43 heteroatoms. The summed E-state index contributed by atoms with van der Waals surface area (Å²) in [5, 5.41) is 72.2. The number of carboxylic acids is 1. The van der Waals surface area contributed by atoms with Gasteiger partial charge in [-0.05, 0) is 162 Å². The molecule has 1 aliphatic rings. The number of imidazole rings is 1. The minimum absolute atomic E-state index is 0.0254. The van der Waals surface area contributed by atoms with Gasteiger partial charge in [-0.1, -0.05) is 62.4 Å². The van der Waals surface area contributed by atoms with Crippen LogP contribution in [0, 0.1) is 13.1 Å². The number of aromatic amines is 2. The highest BCUT2D eigenvalue weighted by atomic mass is 127. The number of aliphatic carboxylic acids is 1. The van der Waals surface area contributed by atoms with Gasteiger partial charge in [-0.25, -0.2) is 4.98 Å². The van der Waals surface area contributed by atoms with Crippen LogP contribution in [0.2, 0.25) is 0 Å². The van der Waals surface area contributed by atoms with E-state index in [-0.39, 0.29) is 100 Å². The van der Waals surface area contributed by atoms with E-state index in [1.165, 1.54) is 41.3 Å². The van der Waals surface area contributed by atoms with Gasteiger partial charge in [-0.15, -0.1) is 0 Å². The fourth-order valence-electron chi connectivity index (χ4n) is 13.0. The summed E-state index contributed by atoms with van der Waals surface area (Å²) in [4.78, 5) is 225. The number of halogens is 2. The second-order valence-electron chi connectivity index (χ2n) is 28.8. The molecule has 2 aromatic heterocycles. The second kappa shape index (κ2) is 49.7. The molecule has 5 aromatic rings. The van der Waals surface area contributed by atoms with E-state index < -0.39 is 200 Å². The molecule has 6 rings (SSSR count). The Labute approximate surface area is 722 Å². The molecule has 0 aliphatic carbocycles. The number of aliphatic hydroxyl groups is 2. The van der Waals surface area contributed by atoms with Gasteiger partial charge in [0.2, 0.25) is 82.7 Å². The smallest absolute Gasteiger partial charge is 0.303 e. The summed E-state index contributed by atoms with van der Waals surface area (Å²) in [5.74, 6) is -14.8. The van der Waals surface area contributed by atoms with Crippen LogP contribution in [0.4, 0.5) is 0 Å². The Morgan fingerprint density at radius 1 is 0.600 bits per heavy atom. The number of benzene rings is 3. The molecule has 654 valence electrons. The van der Waals surface area contributed by atoms with Crippen molar-refractivity contribution in [1.82, 2.24) is 83.7 Å². The number of unbranched alkanes of at least 4 members (excludes halogenated alkanes) is 1. The lowest BCUT2D eigenvalue weighted by molar-refractivity contribution is -0.142. The Kier molecular flexibility index (Phi) is 40.6. The number of likely N-dealkylation sites (tertiary alicyclic amines) is 1. The predicted octanol–water partition coefficient (Wildman–Crippen LogP) is -3.54.